The first-order chi connectivity index (χ1) is 12.5. The summed E-state index contributed by atoms with van der Waals surface area (Å²) in [7, 11) is -1.99. The van der Waals surface area contributed by atoms with Crippen LogP contribution in [0.1, 0.15) is 30.4 Å². The van der Waals surface area contributed by atoms with E-state index in [1.807, 2.05) is 49.4 Å². The molecule has 0 unspecified atom stereocenters. The molecule has 1 fully saturated rings. The number of piperidine rings is 1. The summed E-state index contributed by atoms with van der Waals surface area (Å²) >= 11 is 0. The molecule has 0 aliphatic carbocycles. The molecule has 0 spiro atoms. The second-order valence-electron chi connectivity index (χ2n) is 6.72. The number of ether oxygens (including phenoxy) is 1. The summed E-state index contributed by atoms with van der Waals surface area (Å²) in [5.74, 6) is 0.468. The highest BCUT2D eigenvalue weighted by Crippen LogP contribution is 2.32. The minimum Gasteiger partial charge on any atom is -0.495 e. The average molecular weight is 375 g/mol. The smallest absolute Gasteiger partial charge is 0.237 e. The number of sulfonamides is 1. The third kappa shape index (κ3) is 4.49. The van der Waals surface area contributed by atoms with E-state index in [2.05, 4.69) is 9.62 Å². The number of rotatable bonds is 6. The van der Waals surface area contributed by atoms with Crippen LogP contribution in [0.25, 0.3) is 0 Å². The maximum Gasteiger partial charge on any atom is 0.237 e. The number of nitrogens with one attached hydrogen (secondary N) is 1. The third-order valence-corrected chi connectivity index (χ3v) is 6.00. The van der Waals surface area contributed by atoms with Crippen LogP contribution in [0.5, 0.6) is 5.75 Å². The molecule has 1 heterocycles. The van der Waals surface area contributed by atoms with Crippen LogP contribution in [0.2, 0.25) is 0 Å². The molecule has 0 amide bonds. The van der Waals surface area contributed by atoms with Gasteiger partial charge >= 0.3 is 0 Å². The molecule has 2 aromatic carbocycles. The van der Waals surface area contributed by atoms with E-state index in [-0.39, 0.29) is 5.75 Å². The van der Waals surface area contributed by atoms with Crippen LogP contribution in [-0.2, 0) is 15.8 Å². The van der Waals surface area contributed by atoms with Gasteiger partial charge in [-0.2, -0.15) is 0 Å². The van der Waals surface area contributed by atoms with Gasteiger partial charge in [0.15, 0.2) is 0 Å². The Morgan fingerprint density at radius 3 is 2.50 bits per heavy atom. The monoisotopic (exact) mass is 374 g/mol. The SMILES string of the molecule is COc1ccc(N2CCCCC2)cc1NS(=O)(=O)Cc1ccccc1C. The van der Waals surface area contributed by atoms with Gasteiger partial charge in [-0.15, -0.1) is 0 Å². The predicted octanol–water partition coefficient (Wildman–Crippen LogP) is 3.94. The van der Waals surface area contributed by atoms with E-state index in [1.165, 1.54) is 19.3 Å². The van der Waals surface area contributed by atoms with Crippen LogP contribution in [0.3, 0.4) is 0 Å². The van der Waals surface area contributed by atoms with Crippen molar-refractivity contribution in [2.75, 3.05) is 29.8 Å². The summed E-state index contributed by atoms with van der Waals surface area (Å²) in [5, 5.41) is 0. The number of hydrogen-bond donors (Lipinski definition) is 1. The fourth-order valence-electron chi connectivity index (χ4n) is 3.30. The number of nitrogens with zero attached hydrogens (tertiary/aromatic N) is 1. The van der Waals surface area contributed by atoms with Gasteiger partial charge in [0.1, 0.15) is 5.75 Å². The van der Waals surface area contributed by atoms with Crippen molar-refractivity contribution < 1.29 is 13.2 Å². The Labute approximate surface area is 156 Å². The van der Waals surface area contributed by atoms with Crippen molar-refractivity contribution in [1.82, 2.24) is 0 Å². The van der Waals surface area contributed by atoms with Gasteiger partial charge in [0.05, 0.1) is 18.6 Å². The zero-order valence-corrected chi connectivity index (χ0v) is 16.2. The second-order valence-corrected chi connectivity index (χ2v) is 8.44. The fraction of sp³-hybridized carbons (Fsp3) is 0.400. The Hall–Kier alpha value is -2.21. The lowest BCUT2D eigenvalue weighted by Crippen LogP contribution is -2.29. The molecule has 3 rings (SSSR count). The van der Waals surface area contributed by atoms with Crippen molar-refractivity contribution in [3.63, 3.8) is 0 Å². The lowest BCUT2D eigenvalue weighted by atomic mass is 10.1. The molecular weight excluding hydrogens is 348 g/mol. The average Bonchev–Trinajstić information content (AvgIpc) is 2.64. The molecule has 1 saturated heterocycles. The summed E-state index contributed by atoms with van der Waals surface area (Å²) in [6.45, 7) is 3.92. The maximum atomic E-state index is 12.7. The maximum absolute atomic E-state index is 12.7. The van der Waals surface area contributed by atoms with Crippen LogP contribution in [0.4, 0.5) is 11.4 Å². The van der Waals surface area contributed by atoms with Crippen molar-refractivity contribution in [1.29, 1.82) is 0 Å². The van der Waals surface area contributed by atoms with Gasteiger partial charge in [-0.1, -0.05) is 24.3 Å². The summed E-state index contributed by atoms with van der Waals surface area (Å²) in [4.78, 5) is 2.29. The van der Waals surface area contributed by atoms with Crippen LogP contribution in [0, 0.1) is 6.92 Å². The van der Waals surface area contributed by atoms with E-state index in [9.17, 15) is 8.42 Å². The van der Waals surface area contributed by atoms with Gasteiger partial charge in [0, 0.05) is 18.8 Å². The molecule has 26 heavy (non-hydrogen) atoms. The minimum atomic E-state index is -3.54. The van der Waals surface area contributed by atoms with E-state index < -0.39 is 10.0 Å². The first-order valence-electron chi connectivity index (χ1n) is 8.96. The molecule has 5 nitrogen and oxygen atoms in total. The molecule has 0 aromatic heterocycles. The lowest BCUT2D eigenvalue weighted by Gasteiger charge is -2.29. The minimum absolute atomic E-state index is 0.0588. The summed E-state index contributed by atoms with van der Waals surface area (Å²) in [5.41, 5.74) is 3.28. The highest BCUT2D eigenvalue weighted by molar-refractivity contribution is 7.91. The van der Waals surface area contributed by atoms with Gasteiger partial charge < -0.3 is 9.64 Å². The predicted molar refractivity (Wildman–Crippen MR) is 106 cm³/mol. The van der Waals surface area contributed by atoms with E-state index in [0.717, 1.165) is 29.9 Å². The molecular formula is C20H26N2O3S. The quantitative estimate of drug-likeness (QED) is 0.832. The number of aryl methyl sites for hydroxylation is 1. The molecule has 1 N–H and O–H groups in total. The van der Waals surface area contributed by atoms with Gasteiger partial charge in [0.25, 0.3) is 0 Å². The van der Waals surface area contributed by atoms with Crippen molar-refractivity contribution in [3.8, 4) is 5.75 Å². The Morgan fingerprint density at radius 2 is 1.81 bits per heavy atom. The molecule has 140 valence electrons. The topological polar surface area (TPSA) is 58.6 Å². The highest BCUT2D eigenvalue weighted by atomic mass is 32.2. The van der Waals surface area contributed by atoms with Crippen LogP contribution >= 0.6 is 0 Å². The fourth-order valence-corrected chi connectivity index (χ4v) is 4.60. The number of benzene rings is 2. The molecule has 0 bridgehead atoms. The first-order valence-corrected chi connectivity index (χ1v) is 10.6. The number of anilines is 2. The zero-order valence-electron chi connectivity index (χ0n) is 15.4. The molecule has 0 atom stereocenters. The molecule has 0 radical (unpaired) electrons. The third-order valence-electron chi connectivity index (χ3n) is 4.78. The Morgan fingerprint density at radius 1 is 1.08 bits per heavy atom. The molecule has 0 saturated carbocycles. The normalized spacial score (nSPS) is 14.9. The molecule has 1 aliphatic heterocycles. The largest absolute Gasteiger partial charge is 0.495 e. The van der Waals surface area contributed by atoms with Crippen molar-refractivity contribution in [3.05, 3.63) is 53.6 Å². The van der Waals surface area contributed by atoms with Crippen LogP contribution < -0.4 is 14.4 Å². The van der Waals surface area contributed by atoms with E-state index in [4.69, 9.17) is 4.74 Å². The van der Waals surface area contributed by atoms with E-state index in [0.29, 0.717) is 11.4 Å². The zero-order chi connectivity index (χ0) is 18.6. The van der Waals surface area contributed by atoms with Crippen LogP contribution in [-0.4, -0.2) is 28.6 Å². The molecule has 6 heteroatoms. The lowest BCUT2D eigenvalue weighted by molar-refractivity contribution is 0.417. The summed E-state index contributed by atoms with van der Waals surface area (Å²) in [6.07, 6.45) is 3.59. The Bertz CT molecular complexity index is 859. The van der Waals surface area contributed by atoms with Crippen molar-refractivity contribution in [2.24, 2.45) is 0 Å². The molecule has 1 aliphatic rings. The molecule has 2 aromatic rings. The van der Waals surface area contributed by atoms with Gasteiger partial charge in [-0.25, -0.2) is 8.42 Å². The first kappa shape index (κ1) is 18.6. The number of methoxy groups -OCH3 is 1. The second kappa shape index (κ2) is 7.99. The van der Waals surface area contributed by atoms with Gasteiger partial charge in [-0.3, -0.25) is 4.72 Å². The van der Waals surface area contributed by atoms with Crippen molar-refractivity contribution >= 4 is 21.4 Å². The van der Waals surface area contributed by atoms with E-state index in [1.54, 1.807) is 7.11 Å². The standard InChI is InChI=1S/C20H26N2O3S/c1-16-8-4-5-9-17(16)15-26(23,24)21-19-14-18(10-11-20(19)25-2)22-12-6-3-7-13-22/h4-5,8-11,14,21H,3,6-7,12-13,15H2,1-2H3. The van der Waals surface area contributed by atoms with Crippen molar-refractivity contribution in [2.45, 2.75) is 31.9 Å². The van der Waals surface area contributed by atoms with Crippen LogP contribution in [0.15, 0.2) is 42.5 Å². The summed E-state index contributed by atoms with van der Waals surface area (Å²) in [6, 6.07) is 13.2. The highest BCUT2D eigenvalue weighted by Gasteiger charge is 2.18. The van der Waals surface area contributed by atoms with Gasteiger partial charge in [-0.05, 0) is 55.5 Å². The van der Waals surface area contributed by atoms with Gasteiger partial charge in [0.2, 0.25) is 10.0 Å². The number of hydrogen-bond acceptors (Lipinski definition) is 4. The summed E-state index contributed by atoms with van der Waals surface area (Å²) < 4.78 is 33.5. The Balaban J connectivity index is 1.83. The van der Waals surface area contributed by atoms with E-state index >= 15 is 0 Å². The Kier molecular flexibility index (Phi) is 5.71.